The smallest absolute Gasteiger partial charge is 0.343 e. The second kappa shape index (κ2) is 11.5. The SMILES string of the molecule is COC(=O)COc1c(I)cc(/C=C2\SC(=S)N(NC(=O)c3ccc(OC)cc3)C2=O)cc1OC. The third kappa shape index (κ3) is 5.98. The van der Waals surface area contributed by atoms with Gasteiger partial charge in [-0.2, -0.15) is 5.01 Å². The van der Waals surface area contributed by atoms with Crippen LogP contribution in [0, 0.1) is 3.57 Å². The average molecular weight is 614 g/mol. The van der Waals surface area contributed by atoms with E-state index in [1.54, 1.807) is 42.5 Å². The van der Waals surface area contributed by atoms with Gasteiger partial charge in [0.2, 0.25) is 0 Å². The van der Waals surface area contributed by atoms with E-state index in [9.17, 15) is 14.4 Å². The molecule has 1 N–H and O–H groups in total. The van der Waals surface area contributed by atoms with E-state index >= 15 is 0 Å². The van der Waals surface area contributed by atoms with Gasteiger partial charge in [-0.3, -0.25) is 15.0 Å². The van der Waals surface area contributed by atoms with Gasteiger partial charge in [-0.1, -0.05) is 11.8 Å². The van der Waals surface area contributed by atoms with Crippen molar-refractivity contribution in [1.82, 2.24) is 10.4 Å². The fourth-order valence-electron chi connectivity index (χ4n) is 2.78. The molecule has 0 unspecified atom stereocenters. The minimum atomic E-state index is -0.526. The van der Waals surface area contributed by atoms with Crippen LogP contribution in [0.3, 0.4) is 0 Å². The summed E-state index contributed by atoms with van der Waals surface area (Å²) in [5, 5.41) is 1.04. The predicted octanol–water partition coefficient (Wildman–Crippen LogP) is 3.41. The fraction of sp³-hybridized carbons (Fsp3) is 0.182. The zero-order valence-electron chi connectivity index (χ0n) is 18.2. The van der Waals surface area contributed by atoms with Crippen molar-refractivity contribution in [2.75, 3.05) is 27.9 Å². The van der Waals surface area contributed by atoms with Gasteiger partial charge in [0.15, 0.2) is 22.4 Å². The summed E-state index contributed by atoms with van der Waals surface area (Å²) in [5.74, 6) is -0.102. The summed E-state index contributed by atoms with van der Waals surface area (Å²) in [6, 6.07) is 9.88. The number of hydrazine groups is 1. The fourth-order valence-corrected chi connectivity index (χ4v) is 4.74. The van der Waals surface area contributed by atoms with Gasteiger partial charge in [0.05, 0.1) is 29.8 Å². The van der Waals surface area contributed by atoms with E-state index in [-0.39, 0.29) is 10.9 Å². The van der Waals surface area contributed by atoms with Crippen molar-refractivity contribution < 1.29 is 33.3 Å². The first-order valence-electron chi connectivity index (χ1n) is 9.57. The van der Waals surface area contributed by atoms with Crippen molar-refractivity contribution in [3.05, 3.63) is 56.0 Å². The van der Waals surface area contributed by atoms with Gasteiger partial charge < -0.3 is 18.9 Å². The Balaban J connectivity index is 1.78. The van der Waals surface area contributed by atoms with E-state index in [1.807, 2.05) is 22.6 Å². The number of nitrogens with one attached hydrogen (secondary N) is 1. The summed E-state index contributed by atoms with van der Waals surface area (Å²) in [5.41, 5.74) is 3.53. The minimum Gasteiger partial charge on any atom is -0.497 e. The van der Waals surface area contributed by atoms with E-state index in [0.29, 0.717) is 36.9 Å². The first-order chi connectivity index (χ1) is 16.3. The van der Waals surface area contributed by atoms with Crippen LogP contribution in [0.4, 0.5) is 0 Å². The van der Waals surface area contributed by atoms with Crippen LogP contribution in [0.15, 0.2) is 41.3 Å². The predicted molar refractivity (Wildman–Crippen MR) is 139 cm³/mol. The monoisotopic (exact) mass is 614 g/mol. The Hall–Kier alpha value is -2.84. The van der Waals surface area contributed by atoms with Crippen molar-refractivity contribution in [2.24, 2.45) is 0 Å². The van der Waals surface area contributed by atoms with Crippen molar-refractivity contribution in [3.63, 3.8) is 0 Å². The van der Waals surface area contributed by atoms with Gasteiger partial charge in [-0.05, 0) is 82.8 Å². The Bertz CT molecular complexity index is 1170. The van der Waals surface area contributed by atoms with Crippen LogP contribution in [-0.2, 0) is 14.3 Å². The lowest BCUT2D eigenvalue weighted by atomic mass is 10.2. The topological polar surface area (TPSA) is 103 Å². The lowest BCUT2D eigenvalue weighted by Crippen LogP contribution is -2.44. The third-order valence-electron chi connectivity index (χ3n) is 4.47. The molecule has 1 heterocycles. The van der Waals surface area contributed by atoms with Crippen molar-refractivity contribution >= 4 is 74.8 Å². The van der Waals surface area contributed by atoms with E-state index in [2.05, 4.69) is 10.2 Å². The molecule has 2 aromatic carbocycles. The summed E-state index contributed by atoms with van der Waals surface area (Å²) in [7, 11) is 4.27. The largest absolute Gasteiger partial charge is 0.497 e. The summed E-state index contributed by atoms with van der Waals surface area (Å²) >= 11 is 8.39. The molecule has 0 spiro atoms. The van der Waals surface area contributed by atoms with E-state index < -0.39 is 17.8 Å². The molecule has 0 bridgehead atoms. The number of thiocarbonyl (C=S) groups is 1. The second-order valence-electron chi connectivity index (χ2n) is 6.59. The maximum Gasteiger partial charge on any atom is 0.343 e. The highest BCUT2D eigenvalue weighted by molar-refractivity contribution is 14.1. The molecule has 2 amide bonds. The number of halogens is 1. The highest BCUT2D eigenvalue weighted by Crippen LogP contribution is 2.37. The number of ether oxygens (including phenoxy) is 4. The van der Waals surface area contributed by atoms with E-state index in [0.717, 1.165) is 16.8 Å². The Labute approximate surface area is 218 Å². The molecule has 9 nitrogen and oxygen atoms in total. The normalized spacial score (nSPS) is 14.2. The molecule has 178 valence electrons. The first-order valence-corrected chi connectivity index (χ1v) is 11.9. The number of rotatable bonds is 8. The minimum absolute atomic E-state index is 0.192. The maximum atomic E-state index is 12.9. The van der Waals surface area contributed by atoms with Gasteiger partial charge in [-0.25, -0.2) is 4.79 Å². The van der Waals surface area contributed by atoms with Gasteiger partial charge in [0.1, 0.15) is 5.75 Å². The Morgan fingerprint density at radius 2 is 1.85 bits per heavy atom. The highest BCUT2D eigenvalue weighted by atomic mass is 127. The lowest BCUT2D eigenvalue weighted by molar-refractivity contribution is -0.143. The Kier molecular flexibility index (Phi) is 8.74. The average Bonchev–Trinajstić information content (AvgIpc) is 3.09. The summed E-state index contributed by atoms with van der Waals surface area (Å²) in [4.78, 5) is 37.2. The van der Waals surface area contributed by atoms with Crippen LogP contribution in [0.1, 0.15) is 15.9 Å². The van der Waals surface area contributed by atoms with E-state index in [1.165, 1.54) is 21.3 Å². The molecule has 2 aromatic rings. The number of carbonyl (C=O) groups is 3. The van der Waals surface area contributed by atoms with Crippen LogP contribution in [0.25, 0.3) is 6.08 Å². The van der Waals surface area contributed by atoms with Crippen molar-refractivity contribution in [3.8, 4) is 17.2 Å². The molecule has 0 saturated carbocycles. The Morgan fingerprint density at radius 3 is 2.47 bits per heavy atom. The lowest BCUT2D eigenvalue weighted by Gasteiger charge is -2.15. The number of esters is 1. The molecule has 34 heavy (non-hydrogen) atoms. The van der Waals surface area contributed by atoms with Gasteiger partial charge in [0, 0.05) is 5.56 Å². The van der Waals surface area contributed by atoms with Crippen LogP contribution < -0.4 is 19.6 Å². The molecule has 3 rings (SSSR count). The van der Waals surface area contributed by atoms with Crippen molar-refractivity contribution in [2.45, 2.75) is 0 Å². The number of carbonyl (C=O) groups excluding carboxylic acids is 3. The van der Waals surface area contributed by atoms with Crippen LogP contribution in [0.5, 0.6) is 17.2 Å². The van der Waals surface area contributed by atoms with Crippen LogP contribution >= 0.6 is 46.6 Å². The quantitative estimate of drug-likeness (QED) is 0.208. The molecule has 1 aliphatic rings. The number of thioether (sulfide) groups is 1. The summed E-state index contributed by atoms with van der Waals surface area (Å²) < 4.78 is 21.4. The number of nitrogens with zero attached hydrogens (tertiary/aromatic N) is 1. The zero-order valence-corrected chi connectivity index (χ0v) is 22.0. The molecule has 0 radical (unpaired) electrons. The maximum absolute atomic E-state index is 12.9. The second-order valence-corrected chi connectivity index (χ2v) is 9.42. The summed E-state index contributed by atoms with van der Waals surface area (Å²) in [6.07, 6.45) is 1.63. The molecule has 12 heteroatoms. The first kappa shape index (κ1) is 25.8. The number of amides is 2. The molecule has 1 aliphatic heterocycles. The van der Waals surface area contributed by atoms with Crippen LogP contribution in [-0.4, -0.2) is 55.0 Å². The number of hydrogen-bond donors (Lipinski definition) is 1. The van der Waals surface area contributed by atoms with Crippen LogP contribution in [0.2, 0.25) is 0 Å². The third-order valence-corrected chi connectivity index (χ3v) is 6.57. The molecule has 1 fully saturated rings. The van der Waals surface area contributed by atoms with Gasteiger partial charge in [0.25, 0.3) is 11.8 Å². The standard InChI is InChI=1S/C22H19IN2O7S2/c1-29-14-6-4-13(5-7-14)20(27)24-25-21(28)17(34-22(25)33)10-12-8-15(23)19(16(9-12)30-2)32-11-18(26)31-3/h4-10H,11H2,1-3H3,(H,24,27)/b17-10-. The molecule has 0 aromatic heterocycles. The number of hydrogen-bond acceptors (Lipinski definition) is 9. The molecule has 1 saturated heterocycles. The number of methoxy groups -OCH3 is 3. The molecule has 0 atom stereocenters. The van der Waals surface area contributed by atoms with E-state index in [4.69, 9.17) is 26.4 Å². The molecular formula is C22H19IN2O7S2. The summed E-state index contributed by atoms with van der Waals surface area (Å²) in [6.45, 7) is -0.269. The number of benzene rings is 2. The zero-order chi connectivity index (χ0) is 24.8. The van der Waals surface area contributed by atoms with Gasteiger partial charge >= 0.3 is 5.97 Å². The molecule has 0 aliphatic carbocycles. The van der Waals surface area contributed by atoms with Crippen molar-refractivity contribution in [1.29, 1.82) is 0 Å². The van der Waals surface area contributed by atoms with Gasteiger partial charge in [-0.15, -0.1) is 0 Å². The molecular weight excluding hydrogens is 595 g/mol. The highest BCUT2D eigenvalue weighted by Gasteiger charge is 2.34. The Morgan fingerprint density at radius 1 is 1.15 bits per heavy atom.